The Morgan fingerprint density at radius 3 is 2.71 bits per heavy atom. The zero-order valence-corrected chi connectivity index (χ0v) is 13.1. The van der Waals surface area contributed by atoms with Gasteiger partial charge >= 0.3 is 0 Å². The molecule has 1 aromatic rings. The first-order chi connectivity index (χ1) is 10.2. The Bertz CT molecular complexity index is 489. The summed E-state index contributed by atoms with van der Waals surface area (Å²) in [7, 11) is 1.71. The fourth-order valence-corrected chi connectivity index (χ4v) is 3.33. The lowest BCUT2D eigenvalue weighted by Crippen LogP contribution is -2.34. The fraction of sp³-hybridized carbons (Fsp3) is 0.706. The summed E-state index contributed by atoms with van der Waals surface area (Å²) in [6.45, 7) is 5.33. The molecule has 2 fully saturated rings. The zero-order chi connectivity index (χ0) is 14.8. The van der Waals surface area contributed by atoms with E-state index in [1.165, 1.54) is 12.2 Å². The number of amides is 1. The monoisotopic (exact) mass is 290 g/mol. The number of nitrogens with one attached hydrogen (secondary N) is 1. The van der Waals surface area contributed by atoms with Crippen LogP contribution in [0.4, 0.5) is 0 Å². The van der Waals surface area contributed by atoms with E-state index in [2.05, 4.69) is 29.3 Å². The molecule has 4 heteroatoms. The van der Waals surface area contributed by atoms with Crippen molar-refractivity contribution >= 4 is 5.91 Å². The van der Waals surface area contributed by atoms with Gasteiger partial charge in [-0.2, -0.15) is 0 Å². The predicted molar refractivity (Wildman–Crippen MR) is 81.9 cm³/mol. The van der Waals surface area contributed by atoms with E-state index in [1.54, 1.807) is 7.05 Å². The third kappa shape index (κ3) is 3.67. The Labute approximate surface area is 126 Å². The molecule has 1 aliphatic heterocycles. The standard InChI is InChI=1S/C17H26N2O2/c1-12-9-15(12)16-4-3-14(21-16)11-19-7-5-13(6-8-19)10-17(20)18-2/h3-4,12-13,15H,5-11H2,1-2H3,(H,18,20)/t12-,15-/m0/s1. The summed E-state index contributed by atoms with van der Waals surface area (Å²) in [6.07, 6.45) is 4.17. The first-order valence-electron chi connectivity index (χ1n) is 8.17. The summed E-state index contributed by atoms with van der Waals surface area (Å²) in [5.41, 5.74) is 0. The molecule has 21 heavy (non-hydrogen) atoms. The molecule has 1 saturated carbocycles. The molecule has 0 spiro atoms. The SMILES string of the molecule is CNC(=O)CC1CCN(Cc2ccc([C@H]3C[C@@H]3C)o2)CC1. The van der Waals surface area contributed by atoms with Gasteiger partial charge < -0.3 is 9.73 Å². The summed E-state index contributed by atoms with van der Waals surface area (Å²) < 4.78 is 5.98. The van der Waals surface area contributed by atoms with Crippen LogP contribution in [-0.2, 0) is 11.3 Å². The molecule has 0 bridgehead atoms. The Morgan fingerprint density at radius 2 is 2.10 bits per heavy atom. The van der Waals surface area contributed by atoms with Gasteiger partial charge in [-0.1, -0.05) is 6.92 Å². The van der Waals surface area contributed by atoms with Crippen molar-refractivity contribution < 1.29 is 9.21 Å². The van der Waals surface area contributed by atoms with Crippen LogP contribution in [0.2, 0.25) is 0 Å². The molecule has 4 nitrogen and oxygen atoms in total. The number of carbonyl (C=O) groups is 1. The third-order valence-corrected chi connectivity index (χ3v) is 5.00. The largest absolute Gasteiger partial charge is 0.464 e. The molecule has 116 valence electrons. The summed E-state index contributed by atoms with van der Waals surface area (Å²) >= 11 is 0. The molecule has 0 radical (unpaired) electrons. The van der Waals surface area contributed by atoms with Gasteiger partial charge in [0.2, 0.25) is 5.91 Å². The second-order valence-corrected chi connectivity index (χ2v) is 6.72. The van der Waals surface area contributed by atoms with Gasteiger partial charge in [-0.05, 0) is 56.3 Å². The smallest absolute Gasteiger partial charge is 0.220 e. The minimum absolute atomic E-state index is 0.169. The van der Waals surface area contributed by atoms with Crippen molar-refractivity contribution in [3.05, 3.63) is 23.7 Å². The van der Waals surface area contributed by atoms with Crippen LogP contribution < -0.4 is 5.32 Å². The highest BCUT2D eigenvalue weighted by atomic mass is 16.3. The van der Waals surface area contributed by atoms with Crippen LogP contribution in [0.15, 0.2) is 16.5 Å². The number of carbonyl (C=O) groups excluding carboxylic acids is 1. The predicted octanol–water partition coefficient (Wildman–Crippen LogP) is 2.75. The van der Waals surface area contributed by atoms with Crippen molar-refractivity contribution in [2.24, 2.45) is 11.8 Å². The molecular formula is C17H26N2O2. The lowest BCUT2D eigenvalue weighted by molar-refractivity contribution is -0.121. The topological polar surface area (TPSA) is 45.5 Å². The van der Waals surface area contributed by atoms with Gasteiger partial charge in [0.25, 0.3) is 0 Å². The van der Waals surface area contributed by atoms with E-state index in [0.717, 1.165) is 44.2 Å². The molecule has 2 aliphatic rings. The maximum absolute atomic E-state index is 11.4. The summed E-state index contributed by atoms with van der Waals surface area (Å²) in [5, 5.41) is 2.72. The molecule has 1 saturated heterocycles. The van der Waals surface area contributed by atoms with Gasteiger partial charge in [-0.3, -0.25) is 9.69 Å². The molecule has 2 atom stereocenters. The van der Waals surface area contributed by atoms with Crippen molar-refractivity contribution in [1.82, 2.24) is 10.2 Å². The minimum atomic E-state index is 0.169. The first kappa shape index (κ1) is 14.6. The van der Waals surface area contributed by atoms with E-state index in [-0.39, 0.29) is 5.91 Å². The van der Waals surface area contributed by atoms with Crippen LogP contribution in [-0.4, -0.2) is 30.9 Å². The van der Waals surface area contributed by atoms with Crippen LogP contribution >= 0.6 is 0 Å². The molecule has 3 rings (SSSR count). The van der Waals surface area contributed by atoms with Gasteiger partial charge in [0, 0.05) is 19.4 Å². The second kappa shape index (κ2) is 6.22. The zero-order valence-electron chi connectivity index (χ0n) is 13.1. The number of furan rings is 1. The van der Waals surface area contributed by atoms with E-state index in [1.807, 2.05) is 0 Å². The highest BCUT2D eigenvalue weighted by Crippen LogP contribution is 2.47. The van der Waals surface area contributed by atoms with Crippen molar-refractivity contribution in [3.8, 4) is 0 Å². The molecule has 0 aromatic carbocycles. The average Bonchev–Trinajstić information content (AvgIpc) is 3.04. The highest BCUT2D eigenvalue weighted by Gasteiger charge is 2.36. The second-order valence-electron chi connectivity index (χ2n) is 6.72. The molecule has 2 heterocycles. The number of hydrogen-bond acceptors (Lipinski definition) is 3. The summed E-state index contributed by atoms with van der Waals surface area (Å²) in [6, 6.07) is 4.29. The molecule has 1 aromatic heterocycles. The number of rotatable bonds is 5. The Morgan fingerprint density at radius 1 is 1.38 bits per heavy atom. The molecule has 1 N–H and O–H groups in total. The van der Waals surface area contributed by atoms with Gasteiger partial charge in [-0.25, -0.2) is 0 Å². The molecule has 0 unspecified atom stereocenters. The van der Waals surface area contributed by atoms with E-state index in [0.29, 0.717) is 18.3 Å². The molecule has 1 aliphatic carbocycles. The van der Waals surface area contributed by atoms with Crippen molar-refractivity contribution in [2.75, 3.05) is 20.1 Å². The van der Waals surface area contributed by atoms with Gasteiger partial charge in [0.1, 0.15) is 11.5 Å². The summed E-state index contributed by atoms with van der Waals surface area (Å²) in [4.78, 5) is 13.9. The Kier molecular flexibility index (Phi) is 4.34. The summed E-state index contributed by atoms with van der Waals surface area (Å²) in [5.74, 6) is 4.44. The molecular weight excluding hydrogens is 264 g/mol. The van der Waals surface area contributed by atoms with E-state index in [9.17, 15) is 4.79 Å². The van der Waals surface area contributed by atoms with Crippen LogP contribution in [0.3, 0.4) is 0 Å². The van der Waals surface area contributed by atoms with Crippen LogP contribution in [0.25, 0.3) is 0 Å². The van der Waals surface area contributed by atoms with Crippen molar-refractivity contribution in [3.63, 3.8) is 0 Å². The van der Waals surface area contributed by atoms with Crippen LogP contribution in [0, 0.1) is 11.8 Å². The number of piperidine rings is 1. The Hall–Kier alpha value is -1.29. The maximum atomic E-state index is 11.4. The van der Waals surface area contributed by atoms with Crippen LogP contribution in [0.1, 0.15) is 50.0 Å². The number of nitrogens with zero attached hydrogens (tertiary/aromatic N) is 1. The van der Waals surface area contributed by atoms with Gasteiger partial charge in [0.15, 0.2) is 0 Å². The van der Waals surface area contributed by atoms with E-state index in [4.69, 9.17) is 4.42 Å². The normalized spacial score (nSPS) is 26.8. The number of likely N-dealkylation sites (tertiary alicyclic amines) is 1. The minimum Gasteiger partial charge on any atom is -0.464 e. The van der Waals surface area contributed by atoms with Crippen molar-refractivity contribution in [2.45, 2.75) is 45.1 Å². The average molecular weight is 290 g/mol. The van der Waals surface area contributed by atoms with E-state index >= 15 is 0 Å². The lowest BCUT2D eigenvalue weighted by Gasteiger charge is -2.30. The van der Waals surface area contributed by atoms with E-state index < -0.39 is 0 Å². The lowest BCUT2D eigenvalue weighted by atomic mass is 9.93. The first-order valence-corrected chi connectivity index (χ1v) is 8.17. The fourth-order valence-electron chi connectivity index (χ4n) is 3.33. The van der Waals surface area contributed by atoms with Crippen molar-refractivity contribution in [1.29, 1.82) is 0 Å². The maximum Gasteiger partial charge on any atom is 0.220 e. The quantitative estimate of drug-likeness (QED) is 0.907. The van der Waals surface area contributed by atoms with Gasteiger partial charge in [0.05, 0.1) is 6.54 Å². The number of hydrogen-bond donors (Lipinski definition) is 1. The molecule has 1 amide bonds. The third-order valence-electron chi connectivity index (χ3n) is 5.00. The van der Waals surface area contributed by atoms with Crippen LogP contribution in [0.5, 0.6) is 0 Å². The highest BCUT2D eigenvalue weighted by molar-refractivity contribution is 5.75. The Balaban J connectivity index is 1.45. The van der Waals surface area contributed by atoms with Gasteiger partial charge in [-0.15, -0.1) is 0 Å².